The van der Waals surface area contributed by atoms with Crippen molar-refractivity contribution in [1.29, 1.82) is 5.26 Å². The van der Waals surface area contributed by atoms with Crippen LogP contribution in [0.2, 0.25) is 0 Å². The third kappa shape index (κ3) is 2.72. The lowest BCUT2D eigenvalue weighted by atomic mass is 9.70. The van der Waals surface area contributed by atoms with E-state index in [1.807, 2.05) is 33.8 Å². The first kappa shape index (κ1) is 18.8. The van der Waals surface area contributed by atoms with Crippen molar-refractivity contribution in [3.8, 4) is 6.07 Å². The normalized spacial score (nSPS) is 19.5. The summed E-state index contributed by atoms with van der Waals surface area (Å²) in [5, 5.41) is 9.52. The zero-order chi connectivity index (χ0) is 18.7. The Morgan fingerprint density at radius 3 is 1.75 bits per heavy atom. The van der Waals surface area contributed by atoms with Crippen LogP contribution in [0.5, 0.6) is 0 Å². The van der Waals surface area contributed by atoms with Crippen LogP contribution in [0.1, 0.15) is 55.5 Å². The predicted octanol–water partition coefficient (Wildman–Crippen LogP) is 3.80. The van der Waals surface area contributed by atoms with Crippen LogP contribution in [0.4, 0.5) is 13.2 Å². The summed E-state index contributed by atoms with van der Waals surface area (Å²) in [6.07, 6.45) is -4.51. The third-order valence-electron chi connectivity index (χ3n) is 5.25. The number of alkyl halides is 3. The molecule has 0 atom stereocenters. The molecule has 0 unspecified atom stereocenters. The number of hydrogen-bond acceptors (Lipinski definition) is 3. The smallest absolute Gasteiger partial charge is 0.399 e. The molecular formula is C17H21BF3NO2. The first-order valence-electron chi connectivity index (χ1n) is 7.71. The Hall–Kier alpha value is -1.52. The molecule has 1 fully saturated rings. The Bertz CT molecular complexity index is 717. The van der Waals surface area contributed by atoms with Crippen LogP contribution < -0.4 is 5.46 Å². The number of nitrogens with zero attached hydrogens (tertiary/aromatic N) is 1. The van der Waals surface area contributed by atoms with Crippen LogP contribution in [-0.2, 0) is 15.5 Å². The topological polar surface area (TPSA) is 42.2 Å². The van der Waals surface area contributed by atoms with E-state index in [-0.39, 0.29) is 22.2 Å². The highest BCUT2D eigenvalue weighted by molar-refractivity contribution is 6.63. The fourth-order valence-electron chi connectivity index (χ4n) is 3.01. The molecule has 1 aliphatic rings. The van der Waals surface area contributed by atoms with Crippen molar-refractivity contribution in [2.45, 2.75) is 65.8 Å². The summed E-state index contributed by atoms with van der Waals surface area (Å²) in [5.41, 5.74) is -1.40. The first-order valence-corrected chi connectivity index (χ1v) is 7.71. The minimum atomic E-state index is -4.51. The van der Waals surface area contributed by atoms with E-state index in [2.05, 4.69) is 0 Å². The lowest BCUT2D eigenvalue weighted by molar-refractivity contribution is -0.138. The van der Waals surface area contributed by atoms with Crippen LogP contribution in [0, 0.1) is 32.1 Å². The van der Waals surface area contributed by atoms with Crippen molar-refractivity contribution in [2.24, 2.45) is 0 Å². The van der Waals surface area contributed by atoms with E-state index >= 15 is 0 Å². The van der Waals surface area contributed by atoms with E-state index in [0.29, 0.717) is 5.56 Å². The highest BCUT2D eigenvalue weighted by Gasteiger charge is 2.53. The van der Waals surface area contributed by atoms with E-state index in [4.69, 9.17) is 9.31 Å². The largest absolute Gasteiger partial charge is 0.496 e. The van der Waals surface area contributed by atoms with Crippen molar-refractivity contribution in [3.05, 3.63) is 27.8 Å². The van der Waals surface area contributed by atoms with Crippen molar-refractivity contribution in [2.75, 3.05) is 0 Å². The molecule has 0 spiro atoms. The third-order valence-corrected chi connectivity index (χ3v) is 5.25. The summed E-state index contributed by atoms with van der Waals surface area (Å²) < 4.78 is 52.4. The number of rotatable bonds is 1. The molecule has 0 saturated carbocycles. The average molecular weight is 339 g/mol. The zero-order valence-electron chi connectivity index (χ0n) is 15.0. The summed E-state index contributed by atoms with van der Waals surface area (Å²) in [6, 6.07) is 2.03. The summed E-state index contributed by atoms with van der Waals surface area (Å²) in [7, 11) is -1.01. The fourth-order valence-corrected chi connectivity index (χ4v) is 3.01. The van der Waals surface area contributed by atoms with Gasteiger partial charge in [-0.05, 0) is 65.2 Å². The highest BCUT2D eigenvalue weighted by Crippen LogP contribution is 2.40. The molecule has 1 heterocycles. The maximum absolute atomic E-state index is 13.5. The summed E-state index contributed by atoms with van der Waals surface area (Å²) in [6.45, 7) is 11.6. The Morgan fingerprint density at radius 2 is 1.38 bits per heavy atom. The van der Waals surface area contributed by atoms with Gasteiger partial charge in [0.25, 0.3) is 0 Å². The summed E-state index contributed by atoms with van der Waals surface area (Å²) in [5.74, 6) is 0. The number of hydrogen-bond donors (Lipinski definition) is 0. The number of benzene rings is 1. The van der Waals surface area contributed by atoms with E-state index in [9.17, 15) is 18.4 Å². The van der Waals surface area contributed by atoms with E-state index < -0.39 is 30.1 Å². The molecule has 0 aromatic heterocycles. The summed E-state index contributed by atoms with van der Waals surface area (Å²) in [4.78, 5) is 0. The Balaban J connectivity index is 2.77. The summed E-state index contributed by atoms with van der Waals surface area (Å²) >= 11 is 0. The van der Waals surface area contributed by atoms with Gasteiger partial charge < -0.3 is 9.31 Å². The van der Waals surface area contributed by atoms with Gasteiger partial charge in [0.15, 0.2) is 0 Å². The average Bonchev–Trinajstić information content (AvgIpc) is 2.60. The van der Waals surface area contributed by atoms with Gasteiger partial charge in [-0.1, -0.05) is 0 Å². The molecule has 130 valence electrons. The second-order valence-corrected chi connectivity index (χ2v) is 7.24. The molecule has 0 radical (unpaired) electrons. The molecule has 0 bridgehead atoms. The maximum atomic E-state index is 13.5. The second kappa shape index (κ2) is 5.50. The van der Waals surface area contributed by atoms with Gasteiger partial charge in [-0.25, -0.2) is 0 Å². The Morgan fingerprint density at radius 1 is 0.917 bits per heavy atom. The van der Waals surface area contributed by atoms with Crippen molar-refractivity contribution >= 4 is 12.6 Å². The molecule has 24 heavy (non-hydrogen) atoms. The molecule has 1 aromatic rings. The molecule has 0 N–H and O–H groups in total. The molecule has 0 amide bonds. The van der Waals surface area contributed by atoms with Crippen LogP contribution >= 0.6 is 0 Å². The Labute approximate surface area is 140 Å². The second-order valence-electron chi connectivity index (χ2n) is 7.24. The van der Waals surface area contributed by atoms with Gasteiger partial charge in [-0.2, -0.15) is 18.4 Å². The fraction of sp³-hybridized carbons (Fsp3) is 0.588. The minimum absolute atomic E-state index is 0.0133. The van der Waals surface area contributed by atoms with Gasteiger partial charge >= 0.3 is 13.3 Å². The minimum Gasteiger partial charge on any atom is -0.399 e. The lowest BCUT2D eigenvalue weighted by Gasteiger charge is -2.32. The monoisotopic (exact) mass is 339 g/mol. The van der Waals surface area contributed by atoms with Gasteiger partial charge in [0, 0.05) is 5.46 Å². The zero-order valence-corrected chi connectivity index (χ0v) is 15.0. The van der Waals surface area contributed by atoms with Gasteiger partial charge in [-0.3, -0.25) is 0 Å². The molecule has 3 nitrogen and oxygen atoms in total. The molecule has 2 rings (SSSR count). The van der Waals surface area contributed by atoms with Crippen LogP contribution in [0.3, 0.4) is 0 Å². The molecule has 1 aliphatic heterocycles. The molecule has 1 saturated heterocycles. The van der Waals surface area contributed by atoms with E-state index in [0.717, 1.165) is 0 Å². The Kier molecular flexibility index (Phi) is 4.31. The molecule has 1 aromatic carbocycles. The predicted molar refractivity (Wildman–Crippen MR) is 86.1 cm³/mol. The van der Waals surface area contributed by atoms with E-state index in [1.165, 1.54) is 20.8 Å². The van der Waals surface area contributed by atoms with Gasteiger partial charge in [0.05, 0.1) is 28.4 Å². The molecular weight excluding hydrogens is 318 g/mol. The first-order chi connectivity index (χ1) is 10.7. The number of nitriles is 1. The van der Waals surface area contributed by atoms with E-state index in [1.54, 1.807) is 0 Å². The lowest BCUT2D eigenvalue weighted by Crippen LogP contribution is -2.41. The van der Waals surface area contributed by atoms with Gasteiger partial charge in [-0.15, -0.1) is 0 Å². The van der Waals surface area contributed by atoms with Gasteiger partial charge in [0.2, 0.25) is 0 Å². The highest BCUT2D eigenvalue weighted by atomic mass is 19.4. The standard InChI is InChI=1S/C17H21BF3NO2/c1-9-10(2)13(17(19,20)21)11(3)14(12(9)8-22)18-23-15(4,5)16(6,7)24-18/h1-7H3. The van der Waals surface area contributed by atoms with Crippen LogP contribution in [0.25, 0.3) is 0 Å². The maximum Gasteiger partial charge on any atom is 0.496 e. The van der Waals surface area contributed by atoms with Crippen molar-refractivity contribution in [3.63, 3.8) is 0 Å². The van der Waals surface area contributed by atoms with Crippen molar-refractivity contribution in [1.82, 2.24) is 0 Å². The van der Waals surface area contributed by atoms with Crippen LogP contribution in [0.15, 0.2) is 0 Å². The van der Waals surface area contributed by atoms with Crippen molar-refractivity contribution < 1.29 is 22.5 Å². The SMILES string of the molecule is Cc1c(C)c(C(F)(F)F)c(C)c(B2OC(C)(C)C(C)(C)O2)c1C#N. The molecule has 0 aliphatic carbocycles. The van der Waals surface area contributed by atoms with Gasteiger partial charge in [0.1, 0.15) is 0 Å². The number of halogens is 3. The molecule has 7 heteroatoms. The quantitative estimate of drug-likeness (QED) is 0.731. The van der Waals surface area contributed by atoms with Crippen LogP contribution in [-0.4, -0.2) is 18.3 Å².